The van der Waals surface area contributed by atoms with Crippen molar-refractivity contribution in [3.63, 3.8) is 0 Å². The SMILES string of the molecule is O=C(O)C1=C(C(=O)O)[C@H]2c3ccccc3[C@@H]1c1ccc([N+](=O)[O-])cc12. The summed E-state index contributed by atoms with van der Waals surface area (Å²) in [6.45, 7) is 0. The molecule has 5 rings (SSSR count). The van der Waals surface area contributed by atoms with E-state index in [-0.39, 0.29) is 16.8 Å². The molecule has 2 N–H and O–H groups in total. The fourth-order valence-electron chi connectivity index (χ4n) is 3.97. The molecule has 25 heavy (non-hydrogen) atoms. The molecule has 7 heteroatoms. The Kier molecular flexibility index (Phi) is 3.02. The van der Waals surface area contributed by atoms with Crippen LogP contribution in [0.25, 0.3) is 0 Å². The van der Waals surface area contributed by atoms with Crippen molar-refractivity contribution in [3.05, 3.63) is 86.0 Å². The maximum Gasteiger partial charge on any atom is 0.333 e. The van der Waals surface area contributed by atoms with Gasteiger partial charge in [0.15, 0.2) is 0 Å². The minimum absolute atomic E-state index is 0.148. The third-order valence-corrected chi connectivity index (χ3v) is 4.85. The Morgan fingerprint density at radius 2 is 1.32 bits per heavy atom. The number of aliphatic carboxylic acids is 2. The second kappa shape index (κ2) is 5.01. The van der Waals surface area contributed by atoms with Crippen LogP contribution in [0.5, 0.6) is 0 Å². The monoisotopic (exact) mass is 337 g/mol. The Morgan fingerprint density at radius 3 is 1.80 bits per heavy atom. The Bertz CT molecular complexity index is 1010. The lowest BCUT2D eigenvalue weighted by Gasteiger charge is -2.40. The number of nitro groups is 1. The maximum atomic E-state index is 11.8. The number of carboxylic acids is 2. The summed E-state index contributed by atoms with van der Waals surface area (Å²) in [4.78, 5) is 34.2. The van der Waals surface area contributed by atoms with Crippen LogP contribution in [0, 0.1) is 10.1 Å². The predicted octanol–water partition coefficient (Wildman–Crippen LogP) is 2.65. The van der Waals surface area contributed by atoms with Gasteiger partial charge in [-0.15, -0.1) is 0 Å². The Hall–Kier alpha value is -3.48. The van der Waals surface area contributed by atoms with Gasteiger partial charge in [-0.1, -0.05) is 30.3 Å². The van der Waals surface area contributed by atoms with E-state index >= 15 is 0 Å². The first kappa shape index (κ1) is 15.1. The van der Waals surface area contributed by atoms with Crippen molar-refractivity contribution < 1.29 is 24.7 Å². The van der Waals surface area contributed by atoms with E-state index in [1.807, 2.05) is 0 Å². The molecule has 0 saturated carbocycles. The van der Waals surface area contributed by atoms with Gasteiger partial charge in [0.2, 0.25) is 0 Å². The first-order valence-corrected chi connectivity index (χ1v) is 7.49. The van der Waals surface area contributed by atoms with E-state index in [0.29, 0.717) is 16.7 Å². The van der Waals surface area contributed by atoms with E-state index in [2.05, 4.69) is 0 Å². The molecule has 2 aromatic rings. The van der Waals surface area contributed by atoms with Gasteiger partial charge in [-0.25, -0.2) is 9.59 Å². The zero-order valence-electron chi connectivity index (χ0n) is 12.7. The third kappa shape index (κ3) is 1.92. The second-order valence-electron chi connectivity index (χ2n) is 6.00. The number of rotatable bonds is 3. The number of benzene rings is 2. The average Bonchev–Trinajstić information content (AvgIpc) is 2.60. The maximum absolute atomic E-state index is 11.8. The normalized spacial score (nSPS) is 20.0. The van der Waals surface area contributed by atoms with Gasteiger partial charge < -0.3 is 10.2 Å². The fourth-order valence-corrected chi connectivity index (χ4v) is 3.97. The Balaban J connectivity index is 2.09. The molecule has 2 atom stereocenters. The molecule has 3 aliphatic carbocycles. The predicted molar refractivity (Wildman–Crippen MR) is 85.5 cm³/mol. The van der Waals surface area contributed by atoms with E-state index in [1.54, 1.807) is 24.3 Å². The summed E-state index contributed by atoms with van der Waals surface area (Å²) in [6, 6.07) is 11.2. The standard InChI is InChI=1S/C18H11NO6/c20-17(21)15-13-9-3-1-2-4-10(9)14(16(15)18(22)23)12-7-8(19(24)25)5-6-11(12)13/h1-7,13-14H,(H,20,21)(H,22,23)/t13-,14+/m1/s1. The highest BCUT2D eigenvalue weighted by Crippen LogP contribution is 2.56. The van der Waals surface area contributed by atoms with Gasteiger partial charge in [0.05, 0.1) is 16.1 Å². The third-order valence-electron chi connectivity index (χ3n) is 4.85. The van der Waals surface area contributed by atoms with Gasteiger partial charge in [-0.2, -0.15) is 0 Å². The number of carboxylic acid groups (broad SMARTS) is 2. The number of nitrogens with zero attached hydrogens (tertiary/aromatic N) is 1. The number of non-ortho nitro benzene ring substituents is 1. The summed E-state index contributed by atoms with van der Waals surface area (Å²) in [5, 5.41) is 30.4. The van der Waals surface area contributed by atoms with Crippen LogP contribution in [0.3, 0.4) is 0 Å². The van der Waals surface area contributed by atoms with Crippen molar-refractivity contribution in [3.8, 4) is 0 Å². The lowest BCUT2D eigenvalue weighted by atomic mass is 9.61. The first-order valence-electron chi connectivity index (χ1n) is 7.49. The molecule has 0 amide bonds. The molecule has 0 fully saturated rings. The number of hydrogen-bond donors (Lipinski definition) is 2. The molecule has 0 aromatic heterocycles. The van der Waals surface area contributed by atoms with Gasteiger partial charge in [0.1, 0.15) is 0 Å². The smallest absolute Gasteiger partial charge is 0.333 e. The molecule has 7 nitrogen and oxygen atoms in total. The van der Waals surface area contributed by atoms with Crippen LogP contribution in [-0.4, -0.2) is 27.1 Å². The van der Waals surface area contributed by atoms with Crippen molar-refractivity contribution in [1.82, 2.24) is 0 Å². The second-order valence-corrected chi connectivity index (χ2v) is 6.00. The highest BCUT2D eigenvalue weighted by molar-refractivity contribution is 6.04. The van der Waals surface area contributed by atoms with E-state index in [4.69, 9.17) is 0 Å². The topological polar surface area (TPSA) is 118 Å². The fraction of sp³-hybridized carbons (Fsp3) is 0.111. The molecule has 2 aromatic carbocycles. The molecular weight excluding hydrogens is 326 g/mol. The van der Waals surface area contributed by atoms with Gasteiger partial charge in [-0.3, -0.25) is 10.1 Å². The van der Waals surface area contributed by atoms with E-state index in [9.17, 15) is 29.9 Å². The Morgan fingerprint density at radius 1 is 0.840 bits per heavy atom. The van der Waals surface area contributed by atoms with E-state index < -0.39 is 28.7 Å². The van der Waals surface area contributed by atoms with Crippen molar-refractivity contribution in [2.75, 3.05) is 0 Å². The van der Waals surface area contributed by atoms with Crippen LogP contribution in [0.4, 0.5) is 5.69 Å². The van der Waals surface area contributed by atoms with E-state index in [0.717, 1.165) is 5.56 Å². The first-order chi connectivity index (χ1) is 11.9. The van der Waals surface area contributed by atoms with Crippen molar-refractivity contribution in [1.29, 1.82) is 0 Å². The summed E-state index contributed by atoms with van der Waals surface area (Å²) < 4.78 is 0. The minimum Gasteiger partial charge on any atom is -0.478 e. The minimum atomic E-state index is -1.32. The molecule has 0 spiro atoms. The van der Waals surface area contributed by atoms with Crippen LogP contribution >= 0.6 is 0 Å². The summed E-state index contributed by atoms with van der Waals surface area (Å²) >= 11 is 0. The molecule has 0 heterocycles. The van der Waals surface area contributed by atoms with Gasteiger partial charge >= 0.3 is 11.9 Å². The zero-order chi connectivity index (χ0) is 17.9. The van der Waals surface area contributed by atoms with Gasteiger partial charge in [-0.05, 0) is 22.3 Å². The quantitative estimate of drug-likeness (QED) is 0.656. The number of hydrogen-bond acceptors (Lipinski definition) is 4. The number of carbonyl (C=O) groups is 2. The molecule has 124 valence electrons. The molecule has 2 bridgehead atoms. The molecule has 0 radical (unpaired) electrons. The largest absolute Gasteiger partial charge is 0.478 e. The van der Waals surface area contributed by atoms with Crippen LogP contribution < -0.4 is 0 Å². The molecule has 3 aliphatic rings. The van der Waals surface area contributed by atoms with Crippen LogP contribution in [0.2, 0.25) is 0 Å². The number of nitro benzene ring substituents is 1. The summed E-state index contributed by atoms with van der Waals surface area (Å²) in [5.41, 5.74) is 1.98. The molecular formula is C18H11NO6. The van der Waals surface area contributed by atoms with Crippen molar-refractivity contribution >= 4 is 17.6 Å². The van der Waals surface area contributed by atoms with Crippen LogP contribution in [0.1, 0.15) is 34.1 Å². The van der Waals surface area contributed by atoms with Gasteiger partial charge in [0.25, 0.3) is 5.69 Å². The lowest BCUT2D eigenvalue weighted by Crippen LogP contribution is -2.34. The molecule has 0 saturated heterocycles. The van der Waals surface area contributed by atoms with E-state index in [1.165, 1.54) is 18.2 Å². The van der Waals surface area contributed by atoms with Crippen molar-refractivity contribution in [2.45, 2.75) is 11.8 Å². The molecule has 0 unspecified atom stereocenters. The summed E-state index contributed by atoms with van der Waals surface area (Å²) in [5.74, 6) is -4.19. The average molecular weight is 337 g/mol. The summed E-state index contributed by atoms with van der Waals surface area (Å²) in [7, 11) is 0. The lowest BCUT2D eigenvalue weighted by molar-refractivity contribution is -0.384. The van der Waals surface area contributed by atoms with Crippen molar-refractivity contribution in [2.24, 2.45) is 0 Å². The Labute approximate surface area is 141 Å². The molecule has 0 aliphatic heterocycles. The van der Waals surface area contributed by atoms with Crippen LogP contribution in [-0.2, 0) is 9.59 Å². The van der Waals surface area contributed by atoms with Crippen LogP contribution in [0.15, 0.2) is 53.6 Å². The summed E-state index contributed by atoms with van der Waals surface area (Å²) in [6.07, 6.45) is 0. The highest BCUT2D eigenvalue weighted by Gasteiger charge is 2.48. The highest BCUT2D eigenvalue weighted by atomic mass is 16.6. The zero-order valence-corrected chi connectivity index (χ0v) is 12.7. The van der Waals surface area contributed by atoms with Gasteiger partial charge in [0, 0.05) is 24.0 Å².